The van der Waals surface area contributed by atoms with Crippen molar-refractivity contribution >= 4 is 33.0 Å². The number of sulfonamides is 1. The van der Waals surface area contributed by atoms with E-state index in [4.69, 9.17) is 17.3 Å². The summed E-state index contributed by atoms with van der Waals surface area (Å²) in [4.78, 5) is -0.221. The van der Waals surface area contributed by atoms with Crippen LogP contribution in [0.15, 0.2) is 41.3 Å². The molecule has 0 heterocycles. The number of nitrogen functional groups attached to an aromatic ring is 1. The minimum Gasteiger partial charge on any atom is -0.396 e. The van der Waals surface area contributed by atoms with Crippen LogP contribution in [-0.2, 0) is 10.0 Å². The van der Waals surface area contributed by atoms with Crippen molar-refractivity contribution in [3.8, 4) is 0 Å². The molecule has 0 aromatic heterocycles. The number of anilines is 2. The van der Waals surface area contributed by atoms with Crippen LogP contribution in [-0.4, -0.2) is 8.42 Å². The largest absolute Gasteiger partial charge is 0.396 e. The molecule has 0 radical (unpaired) electrons. The normalized spacial score (nSPS) is 11.3. The molecule has 0 atom stereocenters. The molecule has 0 aliphatic rings. The zero-order valence-corrected chi connectivity index (χ0v) is 12.1. The van der Waals surface area contributed by atoms with Crippen LogP contribution in [0.5, 0.6) is 0 Å². The lowest BCUT2D eigenvalue weighted by Crippen LogP contribution is -2.14. The smallest absolute Gasteiger partial charge is 0.262 e. The lowest BCUT2D eigenvalue weighted by atomic mass is 10.2. The van der Waals surface area contributed by atoms with Crippen molar-refractivity contribution in [2.45, 2.75) is 11.8 Å². The molecule has 4 nitrogen and oxygen atoms in total. The molecule has 0 aliphatic carbocycles. The van der Waals surface area contributed by atoms with Gasteiger partial charge in [0.05, 0.1) is 21.3 Å². The van der Waals surface area contributed by atoms with E-state index in [-0.39, 0.29) is 21.3 Å². The van der Waals surface area contributed by atoms with Gasteiger partial charge in [0.15, 0.2) is 0 Å². The Labute approximate surface area is 121 Å². The molecule has 0 unspecified atom stereocenters. The van der Waals surface area contributed by atoms with Gasteiger partial charge < -0.3 is 5.73 Å². The summed E-state index contributed by atoms with van der Waals surface area (Å²) in [6.07, 6.45) is 0. The van der Waals surface area contributed by atoms with Gasteiger partial charge >= 0.3 is 0 Å². The highest BCUT2D eigenvalue weighted by Crippen LogP contribution is 2.26. The highest BCUT2D eigenvalue weighted by atomic mass is 35.5. The van der Waals surface area contributed by atoms with Crippen LogP contribution < -0.4 is 10.5 Å². The number of rotatable bonds is 3. The van der Waals surface area contributed by atoms with Crippen molar-refractivity contribution in [3.63, 3.8) is 0 Å². The molecule has 7 heteroatoms. The number of aryl methyl sites for hydroxylation is 1. The molecule has 0 saturated heterocycles. The quantitative estimate of drug-likeness (QED) is 0.855. The first-order chi connectivity index (χ1) is 9.29. The molecule has 3 N–H and O–H groups in total. The first kappa shape index (κ1) is 14.6. The van der Waals surface area contributed by atoms with Crippen molar-refractivity contribution in [1.82, 2.24) is 0 Å². The molecule has 0 spiro atoms. The summed E-state index contributed by atoms with van der Waals surface area (Å²) >= 11 is 5.93. The van der Waals surface area contributed by atoms with E-state index in [0.29, 0.717) is 0 Å². The Hall–Kier alpha value is -1.79. The van der Waals surface area contributed by atoms with Gasteiger partial charge in [0, 0.05) is 0 Å². The summed E-state index contributed by atoms with van der Waals surface area (Å²) in [5.74, 6) is -0.789. The van der Waals surface area contributed by atoms with E-state index in [1.54, 1.807) is 25.1 Å². The standard InChI is InChI=1S/C13H12ClFN2O2S/c1-8-2-4-10(14)13(6-8)17-20(18,19)9-3-5-12(16)11(15)7-9/h2-7,17H,16H2,1H3. The van der Waals surface area contributed by atoms with Crippen molar-refractivity contribution in [2.75, 3.05) is 10.5 Å². The third kappa shape index (κ3) is 3.02. The first-order valence-electron chi connectivity index (χ1n) is 5.63. The number of hydrogen-bond acceptors (Lipinski definition) is 3. The van der Waals surface area contributed by atoms with E-state index in [1.165, 1.54) is 12.1 Å². The molecular formula is C13H12ClFN2O2S. The van der Waals surface area contributed by atoms with Crippen LogP contribution in [0.2, 0.25) is 5.02 Å². The van der Waals surface area contributed by atoms with Crippen molar-refractivity contribution in [2.24, 2.45) is 0 Å². The minimum atomic E-state index is -3.92. The van der Waals surface area contributed by atoms with Gasteiger partial charge in [-0.1, -0.05) is 17.7 Å². The lowest BCUT2D eigenvalue weighted by Gasteiger charge is -2.11. The van der Waals surface area contributed by atoms with Crippen molar-refractivity contribution in [3.05, 3.63) is 52.8 Å². The second-order valence-electron chi connectivity index (χ2n) is 4.27. The first-order valence-corrected chi connectivity index (χ1v) is 7.50. The Morgan fingerprint density at radius 3 is 2.55 bits per heavy atom. The predicted molar refractivity (Wildman–Crippen MR) is 77.8 cm³/mol. The van der Waals surface area contributed by atoms with Crippen LogP contribution in [0.25, 0.3) is 0 Å². The van der Waals surface area contributed by atoms with Crippen molar-refractivity contribution in [1.29, 1.82) is 0 Å². The van der Waals surface area contributed by atoms with Crippen LogP contribution >= 0.6 is 11.6 Å². The van der Waals surface area contributed by atoms with Gasteiger partial charge in [-0.25, -0.2) is 12.8 Å². The van der Waals surface area contributed by atoms with Gasteiger partial charge in [-0.05, 0) is 42.8 Å². The topological polar surface area (TPSA) is 72.2 Å². The van der Waals surface area contributed by atoms with Gasteiger partial charge in [-0.2, -0.15) is 0 Å². The van der Waals surface area contributed by atoms with Crippen LogP contribution in [0.1, 0.15) is 5.56 Å². The molecule has 20 heavy (non-hydrogen) atoms. The maximum Gasteiger partial charge on any atom is 0.262 e. The molecular weight excluding hydrogens is 303 g/mol. The Morgan fingerprint density at radius 2 is 1.90 bits per heavy atom. The van der Waals surface area contributed by atoms with Crippen molar-refractivity contribution < 1.29 is 12.8 Å². The lowest BCUT2D eigenvalue weighted by molar-refractivity contribution is 0.596. The Balaban J connectivity index is 2.40. The third-order valence-corrected chi connectivity index (χ3v) is 4.34. The molecule has 2 aromatic rings. The number of nitrogens with two attached hydrogens (primary N) is 1. The number of benzene rings is 2. The highest BCUT2D eigenvalue weighted by molar-refractivity contribution is 7.92. The Bertz CT molecular complexity index is 763. The average Bonchev–Trinajstić information content (AvgIpc) is 2.36. The second kappa shape index (κ2) is 5.30. The Morgan fingerprint density at radius 1 is 1.20 bits per heavy atom. The third-order valence-electron chi connectivity index (χ3n) is 2.65. The Kier molecular flexibility index (Phi) is 3.87. The monoisotopic (exact) mass is 314 g/mol. The van der Waals surface area contributed by atoms with E-state index >= 15 is 0 Å². The van der Waals surface area contributed by atoms with E-state index in [1.807, 2.05) is 0 Å². The summed E-state index contributed by atoms with van der Waals surface area (Å²) < 4.78 is 40.0. The fourth-order valence-corrected chi connectivity index (χ4v) is 2.90. The summed E-state index contributed by atoms with van der Waals surface area (Å²) in [5.41, 5.74) is 6.29. The van der Waals surface area contributed by atoms with Crippen LogP contribution in [0.4, 0.5) is 15.8 Å². The highest BCUT2D eigenvalue weighted by Gasteiger charge is 2.17. The molecule has 106 valence electrons. The number of halogens is 2. The molecule has 0 fully saturated rings. The molecule has 0 aliphatic heterocycles. The molecule has 0 saturated carbocycles. The molecule has 0 amide bonds. The summed E-state index contributed by atoms with van der Waals surface area (Å²) in [5, 5.41) is 0.259. The van der Waals surface area contributed by atoms with E-state index in [9.17, 15) is 12.8 Å². The predicted octanol–water partition coefficient (Wildman–Crippen LogP) is 3.17. The van der Waals surface area contributed by atoms with Crippen LogP contribution in [0.3, 0.4) is 0 Å². The zero-order valence-electron chi connectivity index (χ0n) is 10.5. The molecule has 2 aromatic carbocycles. The second-order valence-corrected chi connectivity index (χ2v) is 6.36. The maximum atomic E-state index is 13.3. The average molecular weight is 315 g/mol. The SMILES string of the molecule is Cc1ccc(Cl)c(NS(=O)(=O)c2ccc(N)c(F)c2)c1. The van der Waals surface area contributed by atoms with E-state index in [2.05, 4.69) is 4.72 Å². The van der Waals surface area contributed by atoms with Gasteiger partial charge in [0.2, 0.25) is 0 Å². The number of hydrogen-bond donors (Lipinski definition) is 2. The summed E-state index contributed by atoms with van der Waals surface area (Å²) in [6.45, 7) is 1.80. The maximum absolute atomic E-state index is 13.3. The fourth-order valence-electron chi connectivity index (χ4n) is 1.60. The van der Waals surface area contributed by atoms with E-state index < -0.39 is 15.8 Å². The summed E-state index contributed by atoms with van der Waals surface area (Å²) in [6, 6.07) is 8.21. The fraction of sp³-hybridized carbons (Fsp3) is 0.0769. The van der Waals surface area contributed by atoms with Gasteiger partial charge in [-0.3, -0.25) is 4.72 Å². The minimum absolute atomic E-state index is 0.113. The summed E-state index contributed by atoms with van der Waals surface area (Å²) in [7, 11) is -3.92. The number of nitrogens with one attached hydrogen (secondary N) is 1. The molecule has 2 rings (SSSR count). The zero-order chi connectivity index (χ0) is 14.9. The molecule has 0 bridgehead atoms. The van der Waals surface area contributed by atoms with Gasteiger partial charge in [0.1, 0.15) is 5.82 Å². The van der Waals surface area contributed by atoms with Gasteiger partial charge in [0.25, 0.3) is 10.0 Å². The van der Waals surface area contributed by atoms with Crippen LogP contribution in [0, 0.1) is 12.7 Å². The van der Waals surface area contributed by atoms with E-state index in [0.717, 1.165) is 11.6 Å². The van der Waals surface area contributed by atoms with Gasteiger partial charge in [-0.15, -0.1) is 0 Å².